The fourth-order valence-corrected chi connectivity index (χ4v) is 4.49. The highest BCUT2D eigenvalue weighted by molar-refractivity contribution is 6.07. The molecule has 29 heavy (non-hydrogen) atoms. The summed E-state index contributed by atoms with van der Waals surface area (Å²) >= 11 is 0. The molecule has 2 aromatic carbocycles. The Morgan fingerprint density at radius 3 is 2.69 bits per heavy atom. The van der Waals surface area contributed by atoms with E-state index in [0.29, 0.717) is 12.2 Å². The van der Waals surface area contributed by atoms with E-state index >= 15 is 0 Å². The number of nitrogens with zero attached hydrogens (tertiary/aromatic N) is 3. The van der Waals surface area contributed by atoms with E-state index in [9.17, 15) is 4.79 Å². The summed E-state index contributed by atoms with van der Waals surface area (Å²) in [6.45, 7) is 3.94. The summed E-state index contributed by atoms with van der Waals surface area (Å²) < 4.78 is 6.21. The molecule has 2 aliphatic heterocycles. The van der Waals surface area contributed by atoms with Crippen LogP contribution >= 0.6 is 0 Å². The summed E-state index contributed by atoms with van der Waals surface area (Å²) in [5, 5.41) is 2.17. The van der Waals surface area contributed by atoms with Gasteiger partial charge in [0.05, 0.1) is 0 Å². The normalized spacial score (nSPS) is 22.5. The Morgan fingerprint density at radius 1 is 1.14 bits per heavy atom. The van der Waals surface area contributed by atoms with Crippen molar-refractivity contribution in [3.8, 4) is 16.9 Å². The predicted molar refractivity (Wildman–Crippen MR) is 113 cm³/mol. The van der Waals surface area contributed by atoms with Crippen LogP contribution in [-0.4, -0.2) is 34.4 Å². The highest BCUT2D eigenvalue weighted by Gasteiger charge is 2.55. The number of likely N-dealkylation sites (N-methyl/N-ethyl adjacent to an activating group) is 1. The maximum atomic E-state index is 13.3. The second kappa shape index (κ2) is 5.80. The maximum Gasteiger partial charge on any atom is 0.261 e. The zero-order valence-electron chi connectivity index (χ0n) is 16.6. The standard InChI is InChI=1S/C23H22N4O2/c1-22(2)13-23(20(28)27(3)21(24)26-23)18-10-14(8-9-19(18)29-22)17-12-25-11-15-6-4-5-7-16(15)17/h4-12H,13H2,1-3H3,(H2,24,26). The fourth-order valence-electron chi connectivity index (χ4n) is 4.49. The van der Waals surface area contributed by atoms with Crippen molar-refractivity contribution < 1.29 is 9.53 Å². The molecule has 0 fully saturated rings. The number of benzene rings is 2. The van der Waals surface area contributed by atoms with Gasteiger partial charge < -0.3 is 10.5 Å². The highest BCUT2D eigenvalue weighted by atomic mass is 16.5. The molecule has 0 radical (unpaired) electrons. The Labute approximate surface area is 169 Å². The zero-order valence-corrected chi connectivity index (χ0v) is 16.6. The minimum absolute atomic E-state index is 0.124. The molecule has 1 amide bonds. The molecule has 3 aromatic rings. The lowest BCUT2D eigenvalue weighted by molar-refractivity contribution is -0.133. The summed E-state index contributed by atoms with van der Waals surface area (Å²) in [6.07, 6.45) is 4.13. The van der Waals surface area contributed by atoms with Crippen molar-refractivity contribution in [3.63, 3.8) is 0 Å². The second-order valence-electron chi connectivity index (χ2n) is 8.35. The molecule has 6 heteroatoms. The third kappa shape index (κ3) is 2.52. The van der Waals surface area contributed by atoms with Crippen LogP contribution in [0.3, 0.4) is 0 Å². The van der Waals surface area contributed by atoms with Crippen LogP contribution < -0.4 is 10.5 Å². The number of ether oxygens (including phenoxy) is 1. The number of hydrogen-bond donors (Lipinski definition) is 1. The van der Waals surface area contributed by atoms with Gasteiger partial charge in [-0.25, -0.2) is 4.99 Å². The van der Waals surface area contributed by atoms with Crippen molar-refractivity contribution in [1.82, 2.24) is 9.88 Å². The number of aromatic nitrogens is 1. The van der Waals surface area contributed by atoms with Gasteiger partial charge in [0.1, 0.15) is 11.4 Å². The quantitative estimate of drug-likeness (QED) is 0.695. The Balaban J connectivity index is 1.75. The minimum atomic E-state index is -1.07. The smallest absolute Gasteiger partial charge is 0.261 e. The number of carbonyl (C=O) groups is 1. The third-order valence-electron chi connectivity index (χ3n) is 5.78. The second-order valence-corrected chi connectivity index (χ2v) is 8.35. The van der Waals surface area contributed by atoms with Gasteiger partial charge in [-0.15, -0.1) is 0 Å². The molecular weight excluding hydrogens is 364 g/mol. The lowest BCUT2D eigenvalue weighted by Crippen LogP contribution is -2.49. The number of rotatable bonds is 1. The zero-order chi connectivity index (χ0) is 20.4. The van der Waals surface area contributed by atoms with E-state index in [1.165, 1.54) is 4.90 Å². The van der Waals surface area contributed by atoms with Gasteiger partial charge in [-0.3, -0.25) is 14.7 Å². The van der Waals surface area contributed by atoms with Crippen LogP contribution in [-0.2, 0) is 10.3 Å². The Hall–Kier alpha value is -3.41. The summed E-state index contributed by atoms with van der Waals surface area (Å²) in [5.41, 5.74) is 7.16. The van der Waals surface area contributed by atoms with E-state index < -0.39 is 11.1 Å². The van der Waals surface area contributed by atoms with E-state index in [-0.39, 0.29) is 11.9 Å². The number of nitrogens with two attached hydrogens (primary N) is 1. The minimum Gasteiger partial charge on any atom is -0.487 e. The molecule has 0 aliphatic carbocycles. The molecule has 2 aliphatic rings. The van der Waals surface area contributed by atoms with Crippen molar-refractivity contribution in [2.45, 2.75) is 31.4 Å². The van der Waals surface area contributed by atoms with Crippen LogP contribution in [0.25, 0.3) is 21.9 Å². The first-order valence-electron chi connectivity index (χ1n) is 9.61. The van der Waals surface area contributed by atoms with Gasteiger partial charge in [0.25, 0.3) is 5.91 Å². The van der Waals surface area contributed by atoms with Crippen LogP contribution in [0.2, 0.25) is 0 Å². The molecular formula is C23H22N4O2. The van der Waals surface area contributed by atoms with E-state index in [4.69, 9.17) is 10.5 Å². The number of aliphatic imine (C=N–C) groups is 1. The monoisotopic (exact) mass is 386 g/mol. The fraction of sp³-hybridized carbons (Fsp3) is 0.261. The van der Waals surface area contributed by atoms with E-state index in [1.54, 1.807) is 7.05 Å². The summed E-state index contributed by atoms with van der Waals surface area (Å²) in [6, 6.07) is 14.1. The van der Waals surface area contributed by atoms with Gasteiger partial charge in [0.15, 0.2) is 11.5 Å². The first-order chi connectivity index (χ1) is 13.8. The van der Waals surface area contributed by atoms with Crippen molar-refractivity contribution in [1.29, 1.82) is 0 Å². The van der Waals surface area contributed by atoms with Gasteiger partial charge in [0.2, 0.25) is 0 Å². The molecule has 1 unspecified atom stereocenters. The molecule has 1 aromatic heterocycles. The maximum absolute atomic E-state index is 13.3. The number of fused-ring (bicyclic) bond motifs is 3. The molecule has 1 spiro atoms. The molecule has 1 atom stereocenters. The van der Waals surface area contributed by atoms with Crippen LogP contribution in [0.15, 0.2) is 59.9 Å². The number of carbonyl (C=O) groups excluding carboxylic acids is 1. The van der Waals surface area contributed by atoms with Gasteiger partial charge in [-0.2, -0.15) is 0 Å². The summed E-state index contributed by atoms with van der Waals surface area (Å²) in [5.74, 6) is 0.773. The van der Waals surface area contributed by atoms with Gasteiger partial charge in [0, 0.05) is 42.4 Å². The van der Waals surface area contributed by atoms with Crippen molar-refractivity contribution in [2.24, 2.45) is 10.7 Å². The highest BCUT2D eigenvalue weighted by Crippen LogP contribution is 2.50. The largest absolute Gasteiger partial charge is 0.487 e. The SMILES string of the molecule is CN1C(=O)C2(CC(C)(C)Oc3ccc(-c4cncc5ccccc45)cc32)N=C1N. The molecule has 3 heterocycles. The predicted octanol–water partition coefficient (Wildman–Crippen LogP) is 3.44. The molecule has 2 N–H and O–H groups in total. The van der Waals surface area contributed by atoms with E-state index in [1.807, 2.05) is 62.6 Å². The average molecular weight is 386 g/mol. The topological polar surface area (TPSA) is 80.8 Å². The molecule has 0 saturated heterocycles. The Morgan fingerprint density at radius 2 is 1.93 bits per heavy atom. The number of pyridine rings is 1. The molecule has 0 saturated carbocycles. The first kappa shape index (κ1) is 17.7. The van der Waals surface area contributed by atoms with Crippen molar-refractivity contribution >= 4 is 22.6 Å². The lowest BCUT2D eigenvalue weighted by Gasteiger charge is -2.41. The third-order valence-corrected chi connectivity index (χ3v) is 5.78. The van der Waals surface area contributed by atoms with Crippen LogP contribution in [0.5, 0.6) is 5.75 Å². The first-order valence-corrected chi connectivity index (χ1v) is 9.61. The van der Waals surface area contributed by atoms with E-state index in [0.717, 1.165) is 27.5 Å². The van der Waals surface area contributed by atoms with Gasteiger partial charge in [-0.1, -0.05) is 30.3 Å². The van der Waals surface area contributed by atoms with Crippen LogP contribution in [0.4, 0.5) is 0 Å². The van der Waals surface area contributed by atoms with Crippen molar-refractivity contribution in [2.75, 3.05) is 7.05 Å². The number of guanidine groups is 1. The van der Waals surface area contributed by atoms with Crippen molar-refractivity contribution in [3.05, 3.63) is 60.4 Å². The number of hydrogen-bond acceptors (Lipinski definition) is 5. The summed E-state index contributed by atoms with van der Waals surface area (Å²) in [7, 11) is 1.66. The number of amides is 1. The Kier molecular flexibility index (Phi) is 3.53. The van der Waals surface area contributed by atoms with Gasteiger partial charge >= 0.3 is 0 Å². The molecule has 0 bridgehead atoms. The van der Waals surface area contributed by atoms with E-state index in [2.05, 4.69) is 16.0 Å². The summed E-state index contributed by atoms with van der Waals surface area (Å²) in [4.78, 5) is 23.7. The van der Waals surface area contributed by atoms with Crippen LogP contribution in [0.1, 0.15) is 25.8 Å². The molecule has 5 rings (SSSR count). The Bertz CT molecular complexity index is 1200. The van der Waals surface area contributed by atoms with Gasteiger partial charge in [-0.05, 0) is 36.9 Å². The molecule has 6 nitrogen and oxygen atoms in total. The molecule has 146 valence electrons. The lowest BCUT2D eigenvalue weighted by atomic mass is 9.77. The van der Waals surface area contributed by atoms with Crippen LogP contribution in [0, 0.1) is 0 Å². The average Bonchev–Trinajstić information content (AvgIpc) is 2.90.